The highest BCUT2D eigenvalue weighted by molar-refractivity contribution is 6.03. The lowest BCUT2D eigenvalue weighted by molar-refractivity contribution is 0.100. The van der Waals surface area contributed by atoms with Gasteiger partial charge in [-0.1, -0.05) is 0 Å². The summed E-state index contributed by atoms with van der Waals surface area (Å²) in [5, 5.41) is 14.1. The first-order valence-corrected chi connectivity index (χ1v) is 8.19. The molecule has 1 fully saturated rings. The number of anilines is 2. The third kappa shape index (κ3) is 2.83. The quantitative estimate of drug-likeness (QED) is 0.629. The normalized spacial score (nSPS) is 19.7. The van der Waals surface area contributed by atoms with E-state index in [1.54, 1.807) is 11.0 Å². The number of primary amides is 1. The minimum atomic E-state index is -0.777. The van der Waals surface area contributed by atoms with Gasteiger partial charge in [-0.2, -0.15) is 0 Å². The molecular weight excluding hydrogens is 358 g/mol. The van der Waals surface area contributed by atoms with Gasteiger partial charge >= 0.3 is 0 Å². The van der Waals surface area contributed by atoms with Crippen LogP contribution in [-0.2, 0) is 0 Å². The number of benzene rings is 1. The number of nitrogen functional groups attached to an aromatic ring is 1. The van der Waals surface area contributed by atoms with Crippen molar-refractivity contribution in [1.29, 1.82) is 0 Å². The number of rotatable bonds is 3. The summed E-state index contributed by atoms with van der Waals surface area (Å²) >= 11 is 0. The molecular formula is C17H16F2N6O2. The molecule has 5 N–H and O–H groups in total. The molecule has 27 heavy (non-hydrogen) atoms. The zero-order chi connectivity index (χ0) is 19.3. The van der Waals surface area contributed by atoms with Crippen LogP contribution in [0.1, 0.15) is 28.4 Å². The SMILES string of the molecule is NC(=O)c1c(N)nn2ccc(N3C[C@@H](O)CC3c3cc(F)ccc3F)nc12. The van der Waals surface area contributed by atoms with E-state index in [2.05, 4.69) is 10.1 Å². The predicted octanol–water partition coefficient (Wildman–Crippen LogP) is 1.00. The van der Waals surface area contributed by atoms with Gasteiger partial charge in [0, 0.05) is 18.3 Å². The van der Waals surface area contributed by atoms with Crippen LogP contribution in [0, 0.1) is 11.6 Å². The van der Waals surface area contributed by atoms with Gasteiger partial charge in [-0.15, -0.1) is 5.10 Å². The number of aromatic nitrogens is 3. The van der Waals surface area contributed by atoms with Crippen LogP contribution < -0.4 is 16.4 Å². The molecule has 1 saturated heterocycles. The van der Waals surface area contributed by atoms with E-state index in [1.807, 2.05) is 0 Å². The zero-order valence-electron chi connectivity index (χ0n) is 14.0. The number of hydrogen-bond acceptors (Lipinski definition) is 6. The molecule has 2 atom stereocenters. The predicted molar refractivity (Wildman–Crippen MR) is 93.0 cm³/mol. The smallest absolute Gasteiger partial charge is 0.256 e. The second-order valence-electron chi connectivity index (χ2n) is 6.40. The van der Waals surface area contributed by atoms with E-state index in [0.29, 0.717) is 5.82 Å². The molecule has 1 amide bonds. The maximum atomic E-state index is 14.3. The van der Waals surface area contributed by atoms with E-state index in [-0.39, 0.29) is 35.6 Å². The Morgan fingerprint density at radius 3 is 2.81 bits per heavy atom. The van der Waals surface area contributed by atoms with Crippen molar-refractivity contribution in [3.8, 4) is 0 Å². The lowest BCUT2D eigenvalue weighted by Gasteiger charge is -2.26. The first-order chi connectivity index (χ1) is 12.8. The third-order valence-corrected chi connectivity index (χ3v) is 4.63. The molecule has 1 aliphatic heterocycles. The van der Waals surface area contributed by atoms with Crippen molar-refractivity contribution in [3.05, 3.63) is 53.2 Å². The minimum absolute atomic E-state index is 0.0231. The third-order valence-electron chi connectivity index (χ3n) is 4.63. The minimum Gasteiger partial charge on any atom is -0.391 e. The summed E-state index contributed by atoms with van der Waals surface area (Å²) in [6, 6.07) is 4.16. The maximum Gasteiger partial charge on any atom is 0.256 e. The van der Waals surface area contributed by atoms with Crippen LogP contribution in [0.15, 0.2) is 30.5 Å². The van der Waals surface area contributed by atoms with Gasteiger partial charge < -0.3 is 21.5 Å². The molecule has 0 bridgehead atoms. The molecule has 140 valence electrons. The number of carbonyl (C=O) groups is 1. The molecule has 8 nitrogen and oxygen atoms in total. The first kappa shape index (κ1) is 17.2. The van der Waals surface area contributed by atoms with Gasteiger partial charge in [0.05, 0.1) is 12.1 Å². The zero-order valence-corrected chi connectivity index (χ0v) is 14.0. The molecule has 0 aliphatic carbocycles. The highest BCUT2D eigenvalue weighted by Gasteiger charge is 2.35. The van der Waals surface area contributed by atoms with Crippen molar-refractivity contribution >= 4 is 23.2 Å². The van der Waals surface area contributed by atoms with E-state index >= 15 is 0 Å². The Labute approximate surface area is 152 Å². The fraction of sp³-hybridized carbons (Fsp3) is 0.235. The van der Waals surface area contributed by atoms with E-state index in [1.165, 1.54) is 10.7 Å². The summed E-state index contributed by atoms with van der Waals surface area (Å²) in [5.74, 6) is -1.62. The van der Waals surface area contributed by atoms with Crippen LogP contribution >= 0.6 is 0 Å². The van der Waals surface area contributed by atoms with Crippen molar-refractivity contribution in [1.82, 2.24) is 14.6 Å². The van der Waals surface area contributed by atoms with Gasteiger partial charge in [0.15, 0.2) is 11.5 Å². The molecule has 0 spiro atoms. The fourth-order valence-electron chi connectivity index (χ4n) is 3.46. The van der Waals surface area contributed by atoms with E-state index in [9.17, 15) is 18.7 Å². The van der Waals surface area contributed by atoms with Crippen LogP contribution in [-0.4, -0.2) is 38.3 Å². The van der Waals surface area contributed by atoms with E-state index in [4.69, 9.17) is 11.5 Å². The molecule has 2 aromatic heterocycles. The number of β-amino-alcohol motifs (C(OH)–C–C–N with tert-alkyl or cyclic N) is 1. The molecule has 3 aromatic rings. The van der Waals surface area contributed by atoms with Crippen molar-refractivity contribution in [3.63, 3.8) is 0 Å². The number of carbonyl (C=O) groups excluding carboxylic acids is 1. The van der Waals surface area contributed by atoms with Crippen molar-refractivity contribution < 1.29 is 18.7 Å². The van der Waals surface area contributed by atoms with Gasteiger partial charge in [-0.3, -0.25) is 4.79 Å². The molecule has 4 rings (SSSR count). The number of nitrogens with two attached hydrogens (primary N) is 2. The molecule has 1 aromatic carbocycles. The number of halogens is 2. The number of hydrogen-bond donors (Lipinski definition) is 3. The highest BCUT2D eigenvalue weighted by atomic mass is 19.1. The summed E-state index contributed by atoms with van der Waals surface area (Å²) in [4.78, 5) is 17.7. The number of fused-ring (bicyclic) bond motifs is 1. The summed E-state index contributed by atoms with van der Waals surface area (Å²) in [6.07, 6.45) is 0.989. The first-order valence-electron chi connectivity index (χ1n) is 8.19. The average molecular weight is 374 g/mol. The van der Waals surface area contributed by atoms with Crippen LogP contribution in [0.3, 0.4) is 0 Å². The Hall–Kier alpha value is -3.27. The van der Waals surface area contributed by atoms with Gasteiger partial charge in [-0.25, -0.2) is 18.3 Å². The second-order valence-corrected chi connectivity index (χ2v) is 6.40. The summed E-state index contributed by atoms with van der Waals surface area (Å²) in [7, 11) is 0. The van der Waals surface area contributed by atoms with Crippen LogP contribution in [0.25, 0.3) is 5.65 Å². The van der Waals surface area contributed by atoms with Gasteiger partial charge in [-0.05, 0) is 30.7 Å². The largest absolute Gasteiger partial charge is 0.391 e. The number of amides is 1. The summed E-state index contributed by atoms with van der Waals surface area (Å²) < 4.78 is 29.2. The number of aliphatic hydroxyl groups is 1. The topological polar surface area (TPSA) is 123 Å². The van der Waals surface area contributed by atoms with E-state index < -0.39 is 29.7 Å². The molecule has 3 heterocycles. The summed E-state index contributed by atoms with van der Waals surface area (Å²) in [5.41, 5.74) is 11.3. The Balaban J connectivity index is 1.82. The Morgan fingerprint density at radius 1 is 1.30 bits per heavy atom. The van der Waals surface area contributed by atoms with Gasteiger partial charge in [0.2, 0.25) is 0 Å². The lowest BCUT2D eigenvalue weighted by Crippen LogP contribution is -2.26. The van der Waals surface area contributed by atoms with Crippen LogP contribution in [0.5, 0.6) is 0 Å². The fourth-order valence-corrected chi connectivity index (χ4v) is 3.46. The van der Waals surface area contributed by atoms with Crippen LogP contribution in [0.4, 0.5) is 20.4 Å². The average Bonchev–Trinajstić information content (AvgIpc) is 3.15. The highest BCUT2D eigenvalue weighted by Crippen LogP contribution is 2.37. The lowest BCUT2D eigenvalue weighted by atomic mass is 10.0. The molecule has 1 unspecified atom stereocenters. The molecule has 1 aliphatic rings. The Kier molecular flexibility index (Phi) is 3.92. The standard InChI is InChI=1S/C17H16F2N6O2/c18-8-1-2-11(19)10(5-8)12-6-9(26)7-24(12)13-3-4-25-17(22-13)14(16(21)27)15(20)23-25/h1-5,9,12,26H,6-7H2,(H2,20,23)(H2,21,27)/t9-,12?/m0/s1. The van der Waals surface area contributed by atoms with Gasteiger partial charge in [0.25, 0.3) is 5.91 Å². The Bertz CT molecular complexity index is 1050. The van der Waals surface area contributed by atoms with Crippen molar-refractivity contribution in [2.24, 2.45) is 5.73 Å². The van der Waals surface area contributed by atoms with E-state index in [0.717, 1.165) is 18.2 Å². The monoisotopic (exact) mass is 374 g/mol. The molecule has 0 radical (unpaired) electrons. The second kappa shape index (κ2) is 6.16. The molecule has 10 heteroatoms. The van der Waals surface area contributed by atoms with Crippen molar-refractivity contribution in [2.75, 3.05) is 17.2 Å². The maximum absolute atomic E-state index is 14.3. The van der Waals surface area contributed by atoms with Crippen molar-refractivity contribution in [2.45, 2.75) is 18.6 Å². The van der Waals surface area contributed by atoms with Gasteiger partial charge in [0.1, 0.15) is 23.0 Å². The van der Waals surface area contributed by atoms with Crippen LogP contribution in [0.2, 0.25) is 0 Å². The molecule has 0 saturated carbocycles. The Morgan fingerprint density at radius 2 is 2.07 bits per heavy atom. The number of nitrogens with zero attached hydrogens (tertiary/aromatic N) is 4. The number of aliphatic hydroxyl groups excluding tert-OH is 1. The summed E-state index contributed by atoms with van der Waals surface area (Å²) in [6.45, 7) is 0.166.